The monoisotopic (exact) mass is 460 g/mol. The summed E-state index contributed by atoms with van der Waals surface area (Å²) in [6.45, 7) is 0. The number of thioether (sulfide) groups is 2. The van der Waals surface area contributed by atoms with Gasteiger partial charge in [-0.25, -0.2) is 9.59 Å². The van der Waals surface area contributed by atoms with Crippen LogP contribution in [0.5, 0.6) is 0 Å². The van der Waals surface area contributed by atoms with Crippen molar-refractivity contribution in [2.24, 2.45) is 11.5 Å². The van der Waals surface area contributed by atoms with Gasteiger partial charge in [-0.05, 0) is 38.5 Å². The van der Waals surface area contributed by atoms with Crippen LogP contribution in [0.1, 0.15) is 38.5 Å². The number of nitrogens with zero attached hydrogens (tertiary/aromatic N) is 2. The molecule has 4 aliphatic heterocycles. The van der Waals surface area contributed by atoms with Gasteiger partial charge in [-0.2, -0.15) is 0 Å². The highest BCUT2D eigenvalue weighted by atomic mass is 32.2. The number of nitrogens with two attached hydrogens (primary N) is 2. The summed E-state index contributed by atoms with van der Waals surface area (Å²) in [5.41, 5.74) is 11.4. The van der Waals surface area contributed by atoms with Crippen molar-refractivity contribution in [2.75, 3.05) is 11.5 Å². The number of rotatable bonds is 2. The zero-order chi connectivity index (χ0) is 22.0. The van der Waals surface area contributed by atoms with Gasteiger partial charge in [0, 0.05) is 11.5 Å². The molecule has 0 aromatic heterocycles. The van der Waals surface area contributed by atoms with Gasteiger partial charge in [0.2, 0.25) is 11.8 Å². The molecule has 0 saturated carbocycles. The van der Waals surface area contributed by atoms with Crippen LogP contribution in [0.3, 0.4) is 0 Å². The van der Waals surface area contributed by atoms with Gasteiger partial charge in [0.15, 0.2) is 0 Å². The Morgan fingerprint density at radius 2 is 1.13 bits per heavy atom. The number of hydrogen-bond donors (Lipinski definition) is 4. The van der Waals surface area contributed by atoms with Crippen molar-refractivity contribution in [3.8, 4) is 0 Å². The Bertz CT molecular complexity index is 652. The van der Waals surface area contributed by atoms with E-state index in [1.165, 1.54) is 9.80 Å². The molecule has 2 amide bonds. The highest BCUT2D eigenvalue weighted by Crippen LogP contribution is 2.36. The third-order valence-electron chi connectivity index (χ3n) is 5.83. The van der Waals surface area contributed by atoms with E-state index in [1.54, 1.807) is 23.5 Å². The number of aliphatic carboxylic acids is 2. The molecule has 0 aromatic rings. The van der Waals surface area contributed by atoms with Crippen molar-refractivity contribution in [1.82, 2.24) is 9.80 Å². The molecule has 6 atom stereocenters. The van der Waals surface area contributed by atoms with Crippen LogP contribution in [-0.2, 0) is 19.2 Å². The fourth-order valence-electron chi connectivity index (χ4n) is 4.20. The average Bonchev–Trinajstić information content (AvgIpc) is 3.25. The molecule has 4 heterocycles. The topological polar surface area (TPSA) is 167 Å². The molecule has 30 heavy (non-hydrogen) atoms. The minimum atomic E-state index is -0.924. The van der Waals surface area contributed by atoms with Crippen LogP contribution in [0.2, 0.25) is 0 Å². The third-order valence-corrected chi connectivity index (χ3v) is 8.54. The normalized spacial score (nSPS) is 36.2. The third kappa shape index (κ3) is 4.71. The zero-order valence-corrected chi connectivity index (χ0v) is 18.1. The number of hydrogen-bond acceptors (Lipinski definition) is 8. The van der Waals surface area contributed by atoms with Crippen LogP contribution >= 0.6 is 23.5 Å². The van der Waals surface area contributed by atoms with E-state index in [4.69, 9.17) is 21.7 Å². The van der Waals surface area contributed by atoms with Crippen LogP contribution in [0.25, 0.3) is 0 Å². The first-order valence-corrected chi connectivity index (χ1v) is 12.2. The lowest BCUT2D eigenvalue weighted by molar-refractivity contribution is -0.149. The predicted molar refractivity (Wildman–Crippen MR) is 113 cm³/mol. The second kappa shape index (κ2) is 9.75. The first kappa shape index (κ1) is 23.2. The summed E-state index contributed by atoms with van der Waals surface area (Å²) in [7, 11) is 0. The Balaban J connectivity index is 0.000000171. The molecule has 0 spiro atoms. The summed E-state index contributed by atoms with van der Waals surface area (Å²) in [6.07, 6.45) is 4.83. The van der Waals surface area contributed by atoms with Gasteiger partial charge in [0.1, 0.15) is 12.1 Å². The van der Waals surface area contributed by atoms with Crippen LogP contribution < -0.4 is 11.5 Å². The van der Waals surface area contributed by atoms with Gasteiger partial charge in [-0.15, -0.1) is 23.5 Å². The molecule has 0 aromatic carbocycles. The maximum Gasteiger partial charge on any atom is 0.327 e. The summed E-state index contributed by atoms with van der Waals surface area (Å²) in [5.74, 6) is -1.28. The summed E-state index contributed by atoms with van der Waals surface area (Å²) in [5, 5.41) is 18.0. The van der Waals surface area contributed by atoms with Gasteiger partial charge in [-0.3, -0.25) is 9.59 Å². The lowest BCUT2D eigenvalue weighted by Gasteiger charge is -2.26. The molecule has 12 heteroatoms. The number of fused-ring (bicyclic) bond motifs is 2. The first-order valence-electron chi connectivity index (χ1n) is 10.1. The highest BCUT2D eigenvalue weighted by molar-refractivity contribution is 8.00. The molecule has 4 fully saturated rings. The zero-order valence-electron chi connectivity index (χ0n) is 16.5. The van der Waals surface area contributed by atoms with E-state index in [-0.39, 0.29) is 22.6 Å². The molecular formula is C18H28N4O6S2. The van der Waals surface area contributed by atoms with E-state index in [0.29, 0.717) is 24.3 Å². The molecule has 4 aliphatic rings. The first-order chi connectivity index (χ1) is 14.2. The Morgan fingerprint density at radius 1 is 0.767 bits per heavy atom. The number of carbonyl (C=O) groups excluding carboxylic acids is 2. The van der Waals surface area contributed by atoms with E-state index < -0.39 is 36.1 Å². The van der Waals surface area contributed by atoms with E-state index in [9.17, 15) is 19.2 Å². The maximum absolute atomic E-state index is 11.9. The standard InChI is InChI=1S/2C9H14N2O3S/c2*10-5-2-1-3-7-11(8(5)12)6(4-15-7)9(13)14/h2*5-7H,1-4,10H2,(H,13,14)/t5-,6-,7-;/m0./s1. The molecule has 0 aliphatic carbocycles. The molecule has 0 radical (unpaired) electrons. The van der Waals surface area contributed by atoms with Gasteiger partial charge in [-0.1, -0.05) is 0 Å². The molecule has 0 bridgehead atoms. The Labute approximate surface area is 183 Å². The smallest absolute Gasteiger partial charge is 0.327 e. The van der Waals surface area contributed by atoms with Crippen molar-refractivity contribution in [3.63, 3.8) is 0 Å². The molecule has 3 unspecified atom stereocenters. The van der Waals surface area contributed by atoms with Gasteiger partial charge >= 0.3 is 11.9 Å². The molecule has 4 saturated heterocycles. The minimum absolute atomic E-state index is 0.0205. The Kier molecular flexibility index (Phi) is 7.53. The van der Waals surface area contributed by atoms with Crippen molar-refractivity contribution >= 4 is 47.3 Å². The number of amides is 2. The molecule has 4 rings (SSSR count). The van der Waals surface area contributed by atoms with Crippen molar-refractivity contribution < 1.29 is 29.4 Å². The van der Waals surface area contributed by atoms with E-state index in [2.05, 4.69) is 0 Å². The largest absolute Gasteiger partial charge is 0.480 e. The quantitative estimate of drug-likeness (QED) is 0.429. The molecule has 168 valence electrons. The Morgan fingerprint density at radius 3 is 1.47 bits per heavy atom. The van der Waals surface area contributed by atoms with E-state index in [1.807, 2.05) is 0 Å². The van der Waals surface area contributed by atoms with Crippen LogP contribution in [0.4, 0.5) is 0 Å². The highest BCUT2D eigenvalue weighted by Gasteiger charge is 2.45. The molecule has 6 N–H and O–H groups in total. The van der Waals surface area contributed by atoms with Crippen molar-refractivity contribution in [1.29, 1.82) is 0 Å². The fraction of sp³-hybridized carbons (Fsp3) is 0.778. The summed E-state index contributed by atoms with van der Waals surface area (Å²) in [4.78, 5) is 48.6. The van der Waals surface area contributed by atoms with Crippen LogP contribution in [0.15, 0.2) is 0 Å². The number of carboxylic acids is 2. The van der Waals surface area contributed by atoms with E-state index >= 15 is 0 Å². The molecular weight excluding hydrogens is 432 g/mol. The van der Waals surface area contributed by atoms with Gasteiger partial charge < -0.3 is 31.5 Å². The SMILES string of the molecule is NC1CCCC2SCC(C(=O)O)N2C1=O.N[C@H]1CCC[C@@H]2SC[C@@H](C(=O)O)N2C1=O. The van der Waals surface area contributed by atoms with Crippen molar-refractivity contribution in [2.45, 2.75) is 73.4 Å². The lowest BCUT2D eigenvalue weighted by Crippen LogP contribution is -2.50. The lowest BCUT2D eigenvalue weighted by atomic mass is 10.1. The second-order valence-corrected chi connectivity index (χ2v) is 10.3. The summed E-state index contributed by atoms with van der Waals surface area (Å²) >= 11 is 3.10. The maximum atomic E-state index is 11.9. The fourth-order valence-corrected chi connectivity index (χ4v) is 7.10. The van der Waals surface area contributed by atoms with Gasteiger partial charge in [0.05, 0.1) is 22.8 Å². The number of carboxylic acid groups (broad SMARTS) is 2. The summed E-state index contributed by atoms with van der Waals surface area (Å²) < 4.78 is 0. The Hall–Kier alpha value is -1.50. The predicted octanol–water partition coefficient (Wildman–Crippen LogP) is -0.295. The van der Waals surface area contributed by atoms with Gasteiger partial charge in [0.25, 0.3) is 0 Å². The number of carbonyl (C=O) groups is 4. The minimum Gasteiger partial charge on any atom is -0.480 e. The average molecular weight is 461 g/mol. The second-order valence-electron chi connectivity index (χ2n) is 7.85. The molecule has 10 nitrogen and oxygen atoms in total. The van der Waals surface area contributed by atoms with Crippen molar-refractivity contribution in [3.05, 3.63) is 0 Å². The van der Waals surface area contributed by atoms with E-state index in [0.717, 1.165) is 25.7 Å². The van der Waals surface area contributed by atoms with Crippen LogP contribution in [-0.4, -0.2) is 90.2 Å². The summed E-state index contributed by atoms with van der Waals surface area (Å²) in [6, 6.07) is -2.40. The van der Waals surface area contributed by atoms with Crippen LogP contribution in [0, 0.1) is 0 Å².